The Morgan fingerprint density at radius 1 is 1.17 bits per heavy atom. The zero-order valence-electron chi connectivity index (χ0n) is 13.3. The standard InChI is InChI=1S/C16H16F3N3OS/c1-21(2)9-8-13(23)14-10-20-15(24-14)22(3)12-6-4-11(5-7-12)16(17,18)19/h4-10H,1-3H3. The number of hydrogen-bond acceptors (Lipinski definition) is 5. The monoisotopic (exact) mass is 355 g/mol. The number of aromatic nitrogens is 1. The fourth-order valence-electron chi connectivity index (χ4n) is 1.82. The number of nitrogens with zero attached hydrogens (tertiary/aromatic N) is 3. The summed E-state index contributed by atoms with van der Waals surface area (Å²) in [5, 5.41) is 0.524. The first-order chi connectivity index (χ1) is 11.2. The molecule has 0 aliphatic carbocycles. The Bertz CT molecular complexity index is 736. The molecule has 1 aromatic carbocycles. The minimum absolute atomic E-state index is 0.173. The molecule has 0 atom stereocenters. The van der Waals surface area contributed by atoms with E-state index in [1.54, 1.807) is 37.1 Å². The molecule has 0 unspecified atom stereocenters. The second-order valence-corrected chi connectivity index (χ2v) is 6.26. The predicted molar refractivity (Wildman–Crippen MR) is 88.8 cm³/mol. The number of hydrogen-bond donors (Lipinski definition) is 0. The van der Waals surface area contributed by atoms with E-state index in [2.05, 4.69) is 4.98 Å². The van der Waals surface area contributed by atoms with Gasteiger partial charge in [-0.3, -0.25) is 4.79 Å². The molecule has 8 heteroatoms. The molecule has 0 aliphatic rings. The molecule has 0 N–H and O–H groups in total. The van der Waals surface area contributed by atoms with E-state index in [1.807, 2.05) is 0 Å². The smallest absolute Gasteiger partial charge is 0.383 e. The van der Waals surface area contributed by atoms with Crippen LogP contribution in [0.5, 0.6) is 0 Å². The SMILES string of the molecule is CN(C)C=CC(=O)c1cnc(N(C)c2ccc(C(F)(F)F)cc2)s1. The number of carbonyl (C=O) groups is 1. The Morgan fingerprint density at radius 3 is 2.33 bits per heavy atom. The highest BCUT2D eigenvalue weighted by Gasteiger charge is 2.30. The molecule has 0 radical (unpaired) electrons. The highest BCUT2D eigenvalue weighted by molar-refractivity contribution is 7.17. The number of anilines is 2. The van der Waals surface area contributed by atoms with Gasteiger partial charge in [0.15, 0.2) is 10.9 Å². The van der Waals surface area contributed by atoms with Crippen LogP contribution in [-0.4, -0.2) is 36.8 Å². The van der Waals surface area contributed by atoms with Crippen LogP contribution >= 0.6 is 11.3 Å². The molecule has 0 fully saturated rings. The van der Waals surface area contributed by atoms with Gasteiger partial charge in [-0.05, 0) is 24.3 Å². The van der Waals surface area contributed by atoms with Crippen LogP contribution in [-0.2, 0) is 6.18 Å². The summed E-state index contributed by atoms with van der Waals surface area (Å²) in [6.45, 7) is 0. The molecule has 0 aliphatic heterocycles. The van der Waals surface area contributed by atoms with Crippen molar-refractivity contribution in [2.75, 3.05) is 26.0 Å². The molecule has 1 heterocycles. The van der Waals surface area contributed by atoms with Crippen molar-refractivity contribution in [1.82, 2.24) is 9.88 Å². The fourth-order valence-corrected chi connectivity index (χ4v) is 2.64. The van der Waals surface area contributed by atoms with Crippen LogP contribution in [0.15, 0.2) is 42.7 Å². The van der Waals surface area contributed by atoms with Crippen molar-refractivity contribution < 1.29 is 18.0 Å². The topological polar surface area (TPSA) is 36.4 Å². The summed E-state index contributed by atoms with van der Waals surface area (Å²) in [4.78, 5) is 20.0. The average molecular weight is 355 g/mol. The highest BCUT2D eigenvalue weighted by atomic mass is 32.1. The van der Waals surface area contributed by atoms with Gasteiger partial charge in [0.1, 0.15) is 0 Å². The third-order valence-electron chi connectivity index (χ3n) is 3.13. The van der Waals surface area contributed by atoms with E-state index in [9.17, 15) is 18.0 Å². The van der Waals surface area contributed by atoms with Gasteiger partial charge in [-0.15, -0.1) is 0 Å². The molecular weight excluding hydrogens is 339 g/mol. The second-order valence-electron chi connectivity index (χ2n) is 5.25. The van der Waals surface area contributed by atoms with Gasteiger partial charge in [-0.2, -0.15) is 13.2 Å². The largest absolute Gasteiger partial charge is 0.416 e. The Hall–Kier alpha value is -2.35. The lowest BCUT2D eigenvalue weighted by atomic mass is 10.2. The van der Waals surface area contributed by atoms with E-state index in [0.717, 1.165) is 12.1 Å². The zero-order valence-corrected chi connectivity index (χ0v) is 14.1. The van der Waals surface area contributed by atoms with Gasteiger partial charge in [0, 0.05) is 39.1 Å². The minimum atomic E-state index is -4.36. The number of rotatable bonds is 5. The van der Waals surface area contributed by atoms with E-state index in [1.165, 1.54) is 35.7 Å². The summed E-state index contributed by atoms with van der Waals surface area (Å²) in [5.41, 5.74) is -0.149. The van der Waals surface area contributed by atoms with Crippen molar-refractivity contribution in [3.8, 4) is 0 Å². The zero-order chi connectivity index (χ0) is 17.9. The third-order valence-corrected chi connectivity index (χ3v) is 4.22. The summed E-state index contributed by atoms with van der Waals surface area (Å²) in [6, 6.07) is 4.78. The van der Waals surface area contributed by atoms with E-state index in [0.29, 0.717) is 15.7 Å². The molecule has 0 saturated carbocycles. The first-order valence-corrected chi connectivity index (χ1v) is 7.76. The van der Waals surface area contributed by atoms with Gasteiger partial charge in [0.2, 0.25) is 0 Å². The number of allylic oxidation sites excluding steroid dienone is 1. The molecule has 128 valence electrons. The van der Waals surface area contributed by atoms with Crippen molar-refractivity contribution in [2.45, 2.75) is 6.18 Å². The molecule has 0 saturated heterocycles. The minimum Gasteiger partial charge on any atom is -0.383 e. The molecule has 4 nitrogen and oxygen atoms in total. The molecule has 24 heavy (non-hydrogen) atoms. The Kier molecular flexibility index (Phi) is 5.28. The Morgan fingerprint density at radius 2 is 1.79 bits per heavy atom. The highest BCUT2D eigenvalue weighted by Crippen LogP contribution is 2.33. The molecule has 2 rings (SSSR count). The maximum Gasteiger partial charge on any atom is 0.416 e. The average Bonchev–Trinajstić information content (AvgIpc) is 3.01. The number of ketones is 1. The lowest BCUT2D eigenvalue weighted by Crippen LogP contribution is -2.10. The van der Waals surface area contributed by atoms with Gasteiger partial charge < -0.3 is 9.80 Å². The Labute approximate surface area is 141 Å². The van der Waals surface area contributed by atoms with Crippen LogP contribution in [0.1, 0.15) is 15.2 Å². The third kappa shape index (κ3) is 4.35. The predicted octanol–water partition coefficient (Wildman–Crippen LogP) is 4.19. The maximum atomic E-state index is 12.6. The van der Waals surface area contributed by atoms with E-state index >= 15 is 0 Å². The van der Waals surface area contributed by atoms with Crippen LogP contribution in [0.25, 0.3) is 0 Å². The first-order valence-electron chi connectivity index (χ1n) is 6.94. The lowest BCUT2D eigenvalue weighted by molar-refractivity contribution is -0.137. The van der Waals surface area contributed by atoms with Gasteiger partial charge in [-0.1, -0.05) is 11.3 Å². The van der Waals surface area contributed by atoms with Crippen LogP contribution in [0.4, 0.5) is 24.0 Å². The first kappa shape index (κ1) is 18.0. The van der Waals surface area contributed by atoms with E-state index in [-0.39, 0.29) is 5.78 Å². The normalized spacial score (nSPS) is 11.8. The van der Waals surface area contributed by atoms with Crippen molar-refractivity contribution >= 4 is 27.9 Å². The molecule has 1 aromatic heterocycles. The molecule has 0 spiro atoms. The fraction of sp³-hybridized carbons (Fsp3) is 0.250. The van der Waals surface area contributed by atoms with Gasteiger partial charge in [-0.25, -0.2) is 4.98 Å². The molecule has 2 aromatic rings. The van der Waals surface area contributed by atoms with E-state index < -0.39 is 11.7 Å². The van der Waals surface area contributed by atoms with Crippen molar-refractivity contribution in [2.24, 2.45) is 0 Å². The summed E-state index contributed by atoms with van der Waals surface area (Å²) in [7, 11) is 5.30. The Balaban J connectivity index is 2.16. The number of benzene rings is 1. The van der Waals surface area contributed by atoms with Gasteiger partial charge in [0.25, 0.3) is 0 Å². The molecule has 0 amide bonds. The van der Waals surface area contributed by atoms with Crippen LogP contribution in [0.2, 0.25) is 0 Å². The lowest BCUT2D eigenvalue weighted by Gasteiger charge is -2.16. The number of halogens is 3. The van der Waals surface area contributed by atoms with Crippen molar-refractivity contribution in [1.29, 1.82) is 0 Å². The number of carbonyl (C=O) groups excluding carboxylic acids is 1. The van der Waals surface area contributed by atoms with Crippen molar-refractivity contribution in [3.05, 3.63) is 53.2 Å². The van der Waals surface area contributed by atoms with Gasteiger partial charge in [0.05, 0.1) is 16.6 Å². The summed E-state index contributed by atoms with van der Waals surface area (Å²) >= 11 is 1.18. The summed E-state index contributed by atoms with van der Waals surface area (Å²) in [6.07, 6.45) is 0.177. The maximum absolute atomic E-state index is 12.6. The second kappa shape index (κ2) is 7.04. The van der Waals surface area contributed by atoms with Crippen molar-refractivity contribution in [3.63, 3.8) is 0 Å². The quantitative estimate of drug-likeness (QED) is 0.595. The van der Waals surface area contributed by atoms with Crippen LogP contribution in [0, 0.1) is 0 Å². The number of alkyl halides is 3. The number of thiazole rings is 1. The molecule has 0 bridgehead atoms. The van der Waals surface area contributed by atoms with Crippen LogP contribution < -0.4 is 4.90 Å². The summed E-state index contributed by atoms with van der Waals surface area (Å²) < 4.78 is 37.8. The van der Waals surface area contributed by atoms with Gasteiger partial charge >= 0.3 is 6.18 Å². The summed E-state index contributed by atoms with van der Waals surface area (Å²) in [5.74, 6) is -0.173. The molecular formula is C16H16F3N3OS. The van der Waals surface area contributed by atoms with Crippen LogP contribution in [0.3, 0.4) is 0 Å². The van der Waals surface area contributed by atoms with E-state index in [4.69, 9.17) is 0 Å².